The van der Waals surface area contributed by atoms with Gasteiger partial charge in [0.15, 0.2) is 0 Å². The van der Waals surface area contributed by atoms with Gasteiger partial charge in [0.25, 0.3) is 0 Å². The van der Waals surface area contributed by atoms with Crippen LogP contribution < -0.4 is 16.0 Å². The van der Waals surface area contributed by atoms with Crippen molar-refractivity contribution in [3.8, 4) is 0 Å². The van der Waals surface area contributed by atoms with Gasteiger partial charge in [-0.25, -0.2) is 0 Å². The molecule has 0 aromatic heterocycles. The largest absolute Gasteiger partial charge is 0.378 e. The highest BCUT2D eigenvalue weighted by Crippen LogP contribution is 2.16. The molecule has 4 heteroatoms. The van der Waals surface area contributed by atoms with Crippen LogP contribution in [0.5, 0.6) is 0 Å². The van der Waals surface area contributed by atoms with Crippen LogP contribution in [0.15, 0.2) is 24.3 Å². The summed E-state index contributed by atoms with van der Waals surface area (Å²) in [6.07, 6.45) is 0.696. The van der Waals surface area contributed by atoms with Crippen molar-refractivity contribution in [2.75, 3.05) is 24.3 Å². The fourth-order valence-electron chi connectivity index (χ4n) is 1.69. The van der Waals surface area contributed by atoms with Gasteiger partial charge in [-0.2, -0.15) is 0 Å². The number of rotatable bonds is 5. The van der Waals surface area contributed by atoms with Crippen molar-refractivity contribution in [3.63, 3.8) is 0 Å². The second-order valence-electron chi connectivity index (χ2n) is 5.17. The zero-order chi connectivity index (χ0) is 13.7. The first-order valence-electron chi connectivity index (χ1n) is 6.24. The molecular weight excluding hydrogens is 226 g/mol. The normalized spacial score (nSPS) is 12.3. The maximum Gasteiger partial charge on any atom is 0.241 e. The third kappa shape index (κ3) is 4.37. The lowest BCUT2D eigenvalue weighted by Gasteiger charge is -2.15. The summed E-state index contributed by atoms with van der Waals surface area (Å²) in [5, 5.41) is 2.83. The summed E-state index contributed by atoms with van der Waals surface area (Å²) in [5.41, 5.74) is 7.70. The van der Waals surface area contributed by atoms with Gasteiger partial charge in [-0.15, -0.1) is 0 Å². The SMILES string of the molecule is CC(C)C[C@@H](N)C(=O)Nc1ccc(N(C)C)cc1. The zero-order valence-electron chi connectivity index (χ0n) is 11.6. The number of carbonyl (C=O) groups excluding carboxylic acids is 1. The Labute approximate surface area is 109 Å². The summed E-state index contributed by atoms with van der Waals surface area (Å²) < 4.78 is 0. The predicted octanol–water partition coefficient (Wildman–Crippen LogP) is 2.06. The Bertz CT molecular complexity index is 385. The average molecular weight is 249 g/mol. The van der Waals surface area contributed by atoms with E-state index in [0.29, 0.717) is 12.3 Å². The van der Waals surface area contributed by atoms with Crippen LogP contribution in [0.1, 0.15) is 20.3 Å². The van der Waals surface area contributed by atoms with Gasteiger partial charge in [0.1, 0.15) is 0 Å². The fraction of sp³-hybridized carbons (Fsp3) is 0.500. The highest BCUT2D eigenvalue weighted by Gasteiger charge is 2.14. The van der Waals surface area contributed by atoms with Crippen molar-refractivity contribution in [1.82, 2.24) is 0 Å². The Morgan fingerprint density at radius 3 is 2.28 bits per heavy atom. The van der Waals surface area contributed by atoms with Crippen LogP contribution in [0.25, 0.3) is 0 Å². The molecule has 0 aliphatic carbocycles. The van der Waals surface area contributed by atoms with Gasteiger partial charge in [0.2, 0.25) is 5.91 Å². The molecule has 0 aliphatic rings. The second kappa shape index (κ2) is 6.40. The van der Waals surface area contributed by atoms with Gasteiger partial charge in [-0.05, 0) is 36.6 Å². The van der Waals surface area contributed by atoms with Crippen molar-refractivity contribution < 1.29 is 4.79 Å². The lowest BCUT2D eigenvalue weighted by Crippen LogP contribution is -2.36. The molecule has 0 bridgehead atoms. The minimum Gasteiger partial charge on any atom is -0.378 e. The van der Waals surface area contributed by atoms with Gasteiger partial charge in [-0.3, -0.25) is 4.79 Å². The lowest BCUT2D eigenvalue weighted by atomic mass is 10.0. The summed E-state index contributed by atoms with van der Waals surface area (Å²) in [4.78, 5) is 13.8. The van der Waals surface area contributed by atoms with Crippen LogP contribution in [-0.2, 0) is 4.79 Å². The molecule has 18 heavy (non-hydrogen) atoms. The molecule has 0 heterocycles. The molecule has 0 saturated carbocycles. The third-order valence-corrected chi connectivity index (χ3v) is 2.71. The topological polar surface area (TPSA) is 58.4 Å². The number of nitrogens with two attached hydrogens (primary N) is 1. The Balaban J connectivity index is 2.59. The van der Waals surface area contributed by atoms with E-state index in [0.717, 1.165) is 11.4 Å². The third-order valence-electron chi connectivity index (χ3n) is 2.71. The summed E-state index contributed by atoms with van der Waals surface area (Å²) >= 11 is 0. The Kier molecular flexibility index (Phi) is 5.16. The van der Waals surface area contributed by atoms with Crippen molar-refractivity contribution in [1.29, 1.82) is 0 Å². The van der Waals surface area contributed by atoms with E-state index in [-0.39, 0.29) is 5.91 Å². The maximum atomic E-state index is 11.8. The quantitative estimate of drug-likeness (QED) is 0.840. The zero-order valence-corrected chi connectivity index (χ0v) is 11.6. The van der Waals surface area contributed by atoms with E-state index in [9.17, 15) is 4.79 Å². The minimum atomic E-state index is -0.446. The Morgan fingerprint density at radius 1 is 1.28 bits per heavy atom. The first-order valence-corrected chi connectivity index (χ1v) is 6.24. The van der Waals surface area contributed by atoms with Gasteiger partial charge in [-0.1, -0.05) is 13.8 Å². The number of hydrogen-bond donors (Lipinski definition) is 2. The summed E-state index contributed by atoms with van der Waals surface area (Å²) in [5.74, 6) is 0.295. The molecule has 4 nitrogen and oxygen atoms in total. The molecule has 0 spiro atoms. The molecule has 0 fully saturated rings. The maximum absolute atomic E-state index is 11.8. The van der Waals surface area contributed by atoms with E-state index in [1.807, 2.05) is 43.3 Å². The van der Waals surface area contributed by atoms with Gasteiger partial charge < -0.3 is 16.0 Å². The van der Waals surface area contributed by atoms with Crippen molar-refractivity contribution >= 4 is 17.3 Å². The summed E-state index contributed by atoms with van der Waals surface area (Å²) in [7, 11) is 3.96. The van der Waals surface area contributed by atoms with Gasteiger partial charge >= 0.3 is 0 Å². The van der Waals surface area contributed by atoms with Crippen LogP contribution in [0.3, 0.4) is 0 Å². The van der Waals surface area contributed by atoms with Crippen molar-refractivity contribution in [2.24, 2.45) is 11.7 Å². The standard InChI is InChI=1S/C14H23N3O/c1-10(2)9-13(15)14(18)16-11-5-7-12(8-6-11)17(3)4/h5-8,10,13H,9,15H2,1-4H3,(H,16,18)/t13-/m1/s1. The molecule has 0 unspecified atom stereocenters. The highest BCUT2D eigenvalue weighted by atomic mass is 16.2. The Morgan fingerprint density at radius 2 is 1.83 bits per heavy atom. The van der Waals surface area contributed by atoms with Crippen LogP contribution in [0.4, 0.5) is 11.4 Å². The minimum absolute atomic E-state index is 0.124. The monoisotopic (exact) mass is 249 g/mol. The van der Waals surface area contributed by atoms with Crippen molar-refractivity contribution in [3.05, 3.63) is 24.3 Å². The molecule has 0 aliphatic heterocycles. The number of nitrogens with zero attached hydrogens (tertiary/aromatic N) is 1. The number of amides is 1. The van der Waals surface area contributed by atoms with Crippen LogP contribution in [-0.4, -0.2) is 26.0 Å². The van der Waals surface area contributed by atoms with E-state index >= 15 is 0 Å². The van der Waals surface area contributed by atoms with Crippen LogP contribution >= 0.6 is 0 Å². The van der Waals surface area contributed by atoms with E-state index in [1.54, 1.807) is 0 Å². The first-order chi connectivity index (χ1) is 8.40. The summed E-state index contributed by atoms with van der Waals surface area (Å²) in [6, 6.07) is 7.25. The smallest absolute Gasteiger partial charge is 0.241 e. The number of nitrogens with one attached hydrogen (secondary N) is 1. The van der Waals surface area contributed by atoms with E-state index < -0.39 is 6.04 Å². The number of benzene rings is 1. The predicted molar refractivity (Wildman–Crippen MR) is 76.8 cm³/mol. The number of anilines is 2. The molecular formula is C14H23N3O. The second-order valence-corrected chi connectivity index (χ2v) is 5.17. The van der Waals surface area contributed by atoms with Gasteiger partial charge in [0, 0.05) is 25.5 Å². The average Bonchev–Trinajstić information content (AvgIpc) is 2.28. The van der Waals surface area contributed by atoms with E-state index in [1.165, 1.54) is 0 Å². The highest BCUT2D eigenvalue weighted by molar-refractivity contribution is 5.94. The molecule has 1 rings (SSSR count). The first kappa shape index (κ1) is 14.5. The number of hydrogen-bond acceptors (Lipinski definition) is 3. The molecule has 1 atom stereocenters. The van der Waals surface area contributed by atoms with Crippen LogP contribution in [0.2, 0.25) is 0 Å². The number of carbonyl (C=O) groups is 1. The molecule has 3 N–H and O–H groups in total. The Hall–Kier alpha value is -1.55. The van der Waals surface area contributed by atoms with Crippen LogP contribution in [0, 0.1) is 5.92 Å². The molecule has 1 aromatic rings. The molecule has 100 valence electrons. The van der Waals surface area contributed by atoms with Crippen molar-refractivity contribution in [2.45, 2.75) is 26.3 Å². The molecule has 0 saturated heterocycles. The lowest BCUT2D eigenvalue weighted by molar-refractivity contribution is -0.117. The molecule has 1 aromatic carbocycles. The molecule has 0 radical (unpaired) electrons. The molecule has 1 amide bonds. The van der Waals surface area contributed by atoms with E-state index in [2.05, 4.69) is 19.2 Å². The van der Waals surface area contributed by atoms with Gasteiger partial charge in [0.05, 0.1) is 6.04 Å². The fourth-order valence-corrected chi connectivity index (χ4v) is 1.69. The summed E-state index contributed by atoms with van der Waals surface area (Å²) in [6.45, 7) is 4.11. The van der Waals surface area contributed by atoms with E-state index in [4.69, 9.17) is 5.73 Å².